The summed E-state index contributed by atoms with van der Waals surface area (Å²) in [7, 11) is 0. The average Bonchev–Trinajstić information content (AvgIpc) is 2.99. The lowest BCUT2D eigenvalue weighted by Gasteiger charge is -2.28. The Morgan fingerprint density at radius 3 is 2.96 bits per heavy atom. The number of nitrogens with zero attached hydrogens (tertiary/aromatic N) is 1. The summed E-state index contributed by atoms with van der Waals surface area (Å²) in [5.74, 6) is -0.0989. The SMILES string of the molecule is Cc1ccc(-c2csc(NC(=O)[C@H]3NCCO[C@@H]3C)n2)cc1C. The Morgan fingerprint density at radius 1 is 1.39 bits per heavy atom. The van der Waals surface area contributed by atoms with Crippen LogP contribution in [0.5, 0.6) is 0 Å². The van der Waals surface area contributed by atoms with Crippen LogP contribution in [0.2, 0.25) is 0 Å². The van der Waals surface area contributed by atoms with Crippen LogP contribution in [0.1, 0.15) is 18.1 Å². The highest BCUT2D eigenvalue weighted by molar-refractivity contribution is 7.14. The second kappa shape index (κ2) is 6.78. The van der Waals surface area contributed by atoms with E-state index in [-0.39, 0.29) is 18.1 Å². The van der Waals surface area contributed by atoms with Crippen molar-refractivity contribution in [3.05, 3.63) is 34.7 Å². The third kappa shape index (κ3) is 3.60. The molecule has 2 atom stereocenters. The van der Waals surface area contributed by atoms with Crippen LogP contribution in [0.15, 0.2) is 23.6 Å². The van der Waals surface area contributed by atoms with E-state index < -0.39 is 0 Å². The fourth-order valence-corrected chi connectivity index (χ4v) is 3.30. The second-order valence-electron chi connectivity index (χ2n) is 5.83. The van der Waals surface area contributed by atoms with Gasteiger partial charge in [0.1, 0.15) is 6.04 Å². The summed E-state index contributed by atoms with van der Waals surface area (Å²) in [6.07, 6.45) is -0.136. The molecule has 1 aromatic carbocycles. The van der Waals surface area contributed by atoms with Gasteiger partial charge in [-0.3, -0.25) is 4.79 Å². The smallest absolute Gasteiger partial charge is 0.245 e. The largest absolute Gasteiger partial charge is 0.375 e. The third-order valence-corrected chi connectivity index (χ3v) is 4.89. The van der Waals surface area contributed by atoms with Gasteiger partial charge in [-0.25, -0.2) is 4.98 Å². The van der Waals surface area contributed by atoms with E-state index in [0.29, 0.717) is 18.3 Å². The van der Waals surface area contributed by atoms with E-state index in [0.717, 1.165) is 11.3 Å². The number of nitrogens with one attached hydrogen (secondary N) is 2. The van der Waals surface area contributed by atoms with Crippen molar-refractivity contribution in [2.45, 2.75) is 32.9 Å². The van der Waals surface area contributed by atoms with Gasteiger partial charge in [-0.05, 0) is 38.0 Å². The molecule has 1 aliphatic rings. The highest BCUT2D eigenvalue weighted by atomic mass is 32.1. The fourth-order valence-electron chi connectivity index (χ4n) is 2.57. The van der Waals surface area contributed by atoms with Gasteiger partial charge in [-0.15, -0.1) is 11.3 Å². The number of carbonyl (C=O) groups is 1. The first-order chi connectivity index (χ1) is 11.0. The van der Waals surface area contributed by atoms with Crippen LogP contribution in [0, 0.1) is 13.8 Å². The zero-order valence-corrected chi connectivity index (χ0v) is 14.4. The van der Waals surface area contributed by atoms with Crippen LogP contribution in [-0.2, 0) is 9.53 Å². The Balaban J connectivity index is 1.71. The Morgan fingerprint density at radius 2 is 2.22 bits per heavy atom. The van der Waals surface area contributed by atoms with E-state index in [1.165, 1.54) is 22.5 Å². The second-order valence-corrected chi connectivity index (χ2v) is 6.69. The van der Waals surface area contributed by atoms with Crippen molar-refractivity contribution in [2.24, 2.45) is 0 Å². The topological polar surface area (TPSA) is 63.2 Å². The lowest BCUT2D eigenvalue weighted by Crippen LogP contribution is -2.53. The number of hydrogen-bond acceptors (Lipinski definition) is 5. The minimum Gasteiger partial charge on any atom is -0.375 e. The Kier molecular flexibility index (Phi) is 4.75. The molecule has 0 spiro atoms. The molecule has 0 radical (unpaired) electrons. The standard InChI is InChI=1S/C17H21N3O2S/c1-10-4-5-13(8-11(10)2)14-9-23-17(19-14)20-16(21)15-12(3)22-7-6-18-15/h4-5,8-9,12,15,18H,6-7H2,1-3H3,(H,19,20,21)/t12-,15+/m1/s1. The zero-order valence-electron chi connectivity index (χ0n) is 13.6. The highest BCUT2D eigenvalue weighted by Crippen LogP contribution is 2.26. The van der Waals surface area contributed by atoms with E-state index in [1.54, 1.807) is 0 Å². The number of morpholine rings is 1. The summed E-state index contributed by atoms with van der Waals surface area (Å²) in [6, 6.07) is 5.93. The normalized spacial score (nSPS) is 21.2. The van der Waals surface area contributed by atoms with Gasteiger partial charge in [0, 0.05) is 17.5 Å². The first kappa shape index (κ1) is 16.1. The van der Waals surface area contributed by atoms with Crippen molar-refractivity contribution < 1.29 is 9.53 Å². The number of aromatic nitrogens is 1. The molecule has 2 heterocycles. The maximum absolute atomic E-state index is 12.3. The van der Waals surface area contributed by atoms with E-state index in [9.17, 15) is 4.79 Å². The number of thiazole rings is 1. The van der Waals surface area contributed by atoms with Crippen molar-refractivity contribution in [2.75, 3.05) is 18.5 Å². The van der Waals surface area contributed by atoms with E-state index in [1.807, 2.05) is 12.3 Å². The van der Waals surface area contributed by atoms with E-state index in [4.69, 9.17) is 4.74 Å². The molecule has 122 valence electrons. The van der Waals surface area contributed by atoms with Crippen LogP contribution in [0.4, 0.5) is 5.13 Å². The summed E-state index contributed by atoms with van der Waals surface area (Å²) >= 11 is 1.44. The molecule has 2 aromatic rings. The average molecular weight is 331 g/mol. The summed E-state index contributed by atoms with van der Waals surface area (Å²) < 4.78 is 5.51. The van der Waals surface area contributed by atoms with Crippen LogP contribution in [0.3, 0.4) is 0 Å². The summed E-state index contributed by atoms with van der Waals surface area (Å²) in [5.41, 5.74) is 4.44. The Bertz CT molecular complexity index is 714. The first-order valence-corrected chi connectivity index (χ1v) is 8.61. The quantitative estimate of drug-likeness (QED) is 0.908. The maximum atomic E-state index is 12.3. The molecule has 1 fully saturated rings. The number of carbonyl (C=O) groups excluding carboxylic acids is 1. The molecule has 2 N–H and O–H groups in total. The Labute approximate surface area is 140 Å². The molecule has 1 saturated heterocycles. The minimum atomic E-state index is -0.335. The molecule has 0 bridgehead atoms. The van der Waals surface area contributed by atoms with Crippen molar-refractivity contribution >= 4 is 22.4 Å². The number of hydrogen-bond donors (Lipinski definition) is 2. The molecule has 6 heteroatoms. The van der Waals surface area contributed by atoms with E-state index >= 15 is 0 Å². The predicted molar refractivity (Wildman–Crippen MR) is 92.9 cm³/mol. The number of amides is 1. The lowest BCUT2D eigenvalue weighted by atomic mass is 10.1. The molecule has 1 amide bonds. The molecule has 1 aromatic heterocycles. The van der Waals surface area contributed by atoms with Gasteiger partial charge in [-0.2, -0.15) is 0 Å². The van der Waals surface area contributed by atoms with Crippen molar-refractivity contribution in [1.29, 1.82) is 0 Å². The third-order valence-electron chi connectivity index (χ3n) is 4.14. The van der Waals surface area contributed by atoms with Crippen LogP contribution >= 0.6 is 11.3 Å². The van der Waals surface area contributed by atoms with Gasteiger partial charge in [0.25, 0.3) is 0 Å². The van der Waals surface area contributed by atoms with Crippen LogP contribution < -0.4 is 10.6 Å². The molecule has 0 aliphatic carbocycles. The van der Waals surface area contributed by atoms with Crippen molar-refractivity contribution in [3.8, 4) is 11.3 Å². The maximum Gasteiger partial charge on any atom is 0.245 e. The zero-order chi connectivity index (χ0) is 16.4. The molecule has 3 rings (SSSR count). The van der Waals surface area contributed by atoms with Gasteiger partial charge < -0.3 is 15.4 Å². The first-order valence-electron chi connectivity index (χ1n) is 7.73. The van der Waals surface area contributed by atoms with Crippen molar-refractivity contribution in [1.82, 2.24) is 10.3 Å². The van der Waals surface area contributed by atoms with Crippen molar-refractivity contribution in [3.63, 3.8) is 0 Å². The van der Waals surface area contributed by atoms with E-state index in [2.05, 4.69) is 47.7 Å². The molecule has 0 unspecified atom stereocenters. The van der Waals surface area contributed by atoms with Crippen LogP contribution in [0.25, 0.3) is 11.3 Å². The molecule has 0 saturated carbocycles. The molecule has 5 nitrogen and oxygen atoms in total. The minimum absolute atomic E-state index is 0.0989. The number of benzene rings is 1. The van der Waals surface area contributed by atoms with Gasteiger partial charge in [0.15, 0.2) is 5.13 Å². The lowest BCUT2D eigenvalue weighted by molar-refractivity contribution is -0.123. The fraction of sp³-hybridized carbons (Fsp3) is 0.412. The summed E-state index contributed by atoms with van der Waals surface area (Å²) in [4.78, 5) is 16.9. The molecule has 1 aliphatic heterocycles. The molecular weight excluding hydrogens is 310 g/mol. The molecule has 23 heavy (non-hydrogen) atoms. The van der Waals surface area contributed by atoms with Gasteiger partial charge in [0.05, 0.1) is 18.4 Å². The molecular formula is C17H21N3O2S. The van der Waals surface area contributed by atoms with Crippen LogP contribution in [-0.4, -0.2) is 36.2 Å². The summed E-state index contributed by atoms with van der Waals surface area (Å²) in [5, 5.41) is 8.64. The number of anilines is 1. The highest BCUT2D eigenvalue weighted by Gasteiger charge is 2.28. The van der Waals surface area contributed by atoms with Gasteiger partial charge in [-0.1, -0.05) is 12.1 Å². The summed E-state index contributed by atoms with van der Waals surface area (Å²) in [6.45, 7) is 7.41. The number of ether oxygens (including phenoxy) is 1. The Hall–Kier alpha value is -1.76. The number of aryl methyl sites for hydroxylation is 2. The predicted octanol–water partition coefficient (Wildman–Crippen LogP) is 2.74. The number of rotatable bonds is 3. The van der Waals surface area contributed by atoms with Gasteiger partial charge in [0.2, 0.25) is 5.91 Å². The van der Waals surface area contributed by atoms with Gasteiger partial charge >= 0.3 is 0 Å². The monoisotopic (exact) mass is 331 g/mol.